The highest BCUT2D eigenvalue weighted by Gasteiger charge is 2.14. The summed E-state index contributed by atoms with van der Waals surface area (Å²) in [5.74, 6) is -1.23. The number of hydrogen-bond donors (Lipinski definition) is 1. The van der Waals surface area contributed by atoms with Crippen LogP contribution in [0.1, 0.15) is 22.3 Å². The zero-order valence-corrected chi connectivity index (χ0v) is 17.8. The minimum atomic E-state index is -1.26. The van der Waals surface area contributed by atoms with Gasteiger partial charge < -0.3 is 5.11 Å². The van der Waals surface area contributed by atoms with Crippen LogP contribution in [0.25, 0.3) is 10.8 Å². The second-order valence-electron chi connectivity index (χ2n) is 7.48. The molecule has 0 aliphatic heterocycles. The average molecular weight is 433 g/mol. The van der Waals surface area contributed by atoms with Crippen LogP contribution < -0.4 is 0 Å². The first-order valence-electron chi connectivity index (χ1n) is 9.90. The molecule has 4 aromatic rings. The molecule has 0 saturated carbocycles. The monoisotopic (exact) mass is 432 g/mol. The lowest BCUT2D eigenvalue weighted by Crippen LogP contribution is -2.05. The normalized spacial score (nSPS) is 12.1. The molecular weight excluding hydrogens is 411 g/mol. The molecular formula is C26H21FO3S. The minimum Gasteiger partial charge on any atom is -0.481 e. The Morgan fingerprint density at radius 2 is 1.61 bits per heavy atom. The molecule has 4 rings (SSSR count). The molecule has 0 aliphatic rings. The van der Waals surface area contributed by atoms with Crippen LogP contribution >= 0.6 is 0 Å². The van der Waals surface area contributed by atoms with Gasteiger partial charge in [0.25, 0.3) is 0 Å². The van der Waals surface area contributed by atoms with Crippen LogP contribution in [0.5, 0.6) is 0 Å². The van der Waals surface area contributed by atoms with Crippen molar-refractivity contribution in [1.29, 1.82) is 0 Å². The van der Waals surface area contributed by atoms with Crippen LogP contribution in [0.4, 0.5) is 4.39 Å². The lowest BCUT2D eigenvalue weighted by Gasteiger charge is -2.15. The number of rotatable bonds is 6. The third-order valence-electron chi connectivity index (χ3n) is 5.42. The van der Waals surface area contributed by atoms with E-state index in [1.807, 2.05) is 67.6 Å². The second-order valence-corrected chi connectivity index (χ2v) is 8.96. The maximum Gasteiger partial charge on any atom is 0.307 e. The van der Waals surface area contributed by atoms with Gasteiger partial charge in [0, 0.05) is 9.79 Å². The molecule has 156 valence electrons. The van der Waals surface area contributed by atoms with Gasteiger partial charge in [-0.2, -0.15) is 0 Å². The standard InChI is InChI=1S/C26H21FO3S/c1-17-20(15-26(28)29)14-19-9-10-21(27)16-25(19)24(17)13-18-7-11-23(12-8-18)31(30)22-5-3-2-4-6-22/h2-12,14,16H,13,15H2,1H3,(H,28,29). The van der Waals surface area contributed by atoms with E-state index in [9.17, 15) is 18.5 Å². The van der Waals surface area contributed by atoms with Crippen molar-refractivity contribution in [3.8, 4) is 0 Å². The van der Waals surface area contributed by atoms with E-state index in [1.54, 1.807) is 6.07 Å². The van der Waals surface area contributed by atoms with Gasteiger partial charge in [-0.05, 0) is 82.8 Å². The van der Waals surface area contributed by atoms with Gasteiger partial charge >= 0.3 is 5.97 Å². The molecule has 1 N–H and O–H groups in total. The second kappa shape index (κ2) is 8.82. The molecule has 3 nitrogen and oxygen atoms in total. The molecule has 0 bridgehead atoms. The Morgan fingerprint density at radius 3 is 2.29 bits per heavy atom. The summed E-state index contributed by atoms with van der Waals surface area (Å²) in [5.41, 5.74) is 3.47. The van der Waals surface area contributed by atoms with Crippen molar-refractivity contribution in [1.82, 2.24) is 0 Å². The van der Waals surface area contributed by atoms with Crippen LogP contribution in [-0.4, -0.2) is 15.3 Å². The molecule has 1 atom stereocenters. The van der Waals surface area contributed by atoms with E-state index in [4.69, 9.17) is 0 Å². The summed E-state index contributed by atoms with van der Waals surface area (Å²) >= 11 is 0. The predicted octanol–water partition coefficient (Wildman–Crippen LogP) is 5.67. The molecule has 0 fully saturated rings. The average Bonchev–Trinajstić information content (AvgIpc) is 2.77. The van der Waals surface area contributed by atoms with E-state index in [2.05, 4.69) is 0 Å². The molecule has 0 amide bonds. The molecule has 0 spiro atoms. The molecule has 0 saturated heterocycles. The van der Waals surface area contributed by atoms with Crippen molar-refractivity contribution in [3.63, 3.8) is 0 Å². The Labute approximate surface area is 182 Å². The number of halogens is 1. The van der Waals surface area contributed by atoms with Gasteiger partial charge in [0.2, 0.25) is 0 Å². The maximum absolute atomic E-state index is 14.0. The summed E-state index contributed by atoms with van der Waals surface area (Å²) in [4.78, 5) is 12.8. The number of aliphatic carboxylic acids is 1. The number of carboxylic acids is 1. The number of carboxylic acid groups (broad SMARTS) is 1. The summed E-state index contributed by atoms with van der Waals surface area (Å²) < 4.78 is 26.7. The summed E-state index contributed by atoms with van der Waals surface area (Å²) in [6.07, 6.45) is 0.443. The van der Waals surface area contributed by atoms with E-state index in [-0.39, 0.29) is 12.2 Å². The van der Waals surface area contributed by atoms with Gasteiger partial charge in [-0.1, -0.05) is 42.5 Å². The zero-order chi connectivity index (χ0) is 22.0. The summed E-state index contributed by atoms with van der Waals surface area (Å²) in [7, 11) is -1.26. The smallest absolute Gasteiger partial charge is 0.307 e. The molecule has 0 radical (unpaired) electrons. The summed E-state index contributed by atoms with van der Waals surface area (Å²) in [5, 5.41) is 10.9. The van der Waals surface area contributed by atoms with Crippen molar-refractivity contribution < 1.29 is 18.5 Å². The van der Waals surface area contributed by atoms with E-state index in [0.717, 1.165) is 37.9 Å². The van der Waals surface area contributed by atoms with Crippen LogP contribution in [0, 0.1) is 12.7 Å². The van der Waals surface area contributed by atoms with Crippen LogP contribution in [0.3, 0.4) is 0 Å². The number of hydrogen-bond acceptors (Lipinski definition) is 2. The van der Waals surface area contributed by atoms with E-state index >= 15 is 0 Å². The van der Waals surface area contributed by atoms with E-state index in [1.165, 1.54) is 12.1 Å². The molecule has 0 aromatic heterocycles. The fraction of sp³-hybridized carbons (Fsp3) is 0.115. The van der Waals surface area contributed by atoms with Gasteiger partial charge in [0.1, 0.15) is 5.82 Å². The Hall–Kier alpha value is -3.31. The van der Waals surface area contributed by atoms with Crippen LogP contribution in [0.2, 0.25) is 0 Å². The number of benzene rings is 4. The van der Waals surface area contributed by atoms with Crippen molar-refractivity contribution in [2.75, 3.05) is 0 Å². The Balaban J connectivity index is 1.70. The first-order valence-corrected chi connectivity index (χ1v) is 11.1. The van der Waals surface area contributed by atoms with Crippen molar-refractivity contribution in [2.45, 2.75) is 29.6 Å². The minimum absolute atomic E-state index is 0.0822. The quantitative estimate of drug-likeness (QED) is 0.427. The van der Waals surface area contributed by atoms with Crippen LogP contribution in [0.15, 0.2) is 88.7 Å². The fourth-order valence-corrected chi connectivity index (χ4v) is 4.86. The highest BCUT2D eigenvalue weighted by molar-refractivity contribution is 7.85. The van der Waals surface area contributed by atoms with Gasteiger partial charge in [-0.15, -0.1) is 0 Å². The van der Waals surface area contributed by atoms with Gasteiger partial charge in [0.05, 0.1) is 17.2 Å². The van der Waals surface area contributed by atoms with Crippen molar-refractivity contribution in [2.24, 2.45) is 0 Å². The predicted molar refractivity (Wildman–Crippen MR) is 120 cm³/mol. The van der Waals surface area contributed by atoms with E-state index in [0.29, 0.717) is 11.3 Å². The third-order valence-corrected chi connectivity index (χ3v) is 6.82. The van der Waals surface area contributed by atoms with E-state index < -0.39 is 16.8 Å². The third kappa shape index (κ3) is 4.57. The van der Waals surface area contributed by atoms with Gasteiger partial charge in [-0.25, -0.2) is 8.60 Å². The number of fused-ring (bicyclic) bond motifs is 1. The van der Waals surface area contributed by atoms with Crippen molar-refractivity contribution in [3.05, 3.63) is 107 Å². The molecule has 4 aromatic carbocycles. The highest BCUT2D eigenvalue weighted by Crippen LogP contribution is 2.29. The lowest BCUT2D eigenvalue weighted by molar-refractivity contribution is -0.136. The van der Waals surface area contributed by atoms with Crippen LogP contribution in [-0.2, 0) is 28.4 Å². The molecule has 31 heavy (non-hydrogen) atoms. The van der Waals surface area contributed by atoms with Gasteiger partial charge in [0.15, 0.2) is 0 Å². The Morgan fingerprint density at radius 1 is 0.935 bits per heavy atom. The lowest BCUT2D eigenvalue weighted by atomic mass is 9.90. The first kappa shape index (κ1) is 20.9. The fourth-order valence-electron chi connectivity index (χ4n) is 3.80. The maximum atomic E-state index is 14.0. The first-order chi connectivity index (χ1) is 14.9. The molecule has 5 heteroatoms. The largest absolute Gasteiger partial charge is 0.481 e. The summed E-state index contributed by atoms with van der Waals surface area (Å²) in [6, 6.07) is 23.2. The molecule has 0 aliphatic carbocycles. The van der Waals surface area contributed by atoms with Gasteiger partial charge in [-0.3, -0.25) is 4.79 Å². The Kier molecular flexibility index (Phi) is 5.96. The van der Waals surface area contributed by atoms with Crippen molar-refractivity contribution >= 4 is 27.5 Å². The SMILES string of the molecule is Cc1c(CC(=O)O)cc2ccc(F)cc2c1Cc1ccc(S(=O)c2ccccc2)cc1. The highest BCUT2D eigenvalue weighted by atomic mass is 32.2. The molecule has 1 unspecified atom stereocenters. The molecule has 0 heterocycles. The zero-order valence-electron chi connectivity index (χ0n) is 17.0. The summed E-state index contributed by atoms with van der Waals surface area (Å²) in [6.45, 7) is 1.89. The number of carbonyl (C=O) groups is 1. The Bertz CT molecular complexity index is 1280. The topological polar surface area (TPSA) is 54.4 Å².